The number of rotatable bonds is 6. The van der Waals surface area contributed by atoms with Gasteiger partial charge in [-0.25, -0.2) is 17.6 Å². The minimum absolute atomic E-state index is 0.0425. The third-order valence-corrected chi connectivity index (χ3v) is 7.58. The van der Waals surface area contributed by atoms with Gasteiger partial charge in [0.05, 0.1) is 15.5 Å². The first kappa shape index (κ1) is 29.1. The first-order valence-electron chi connectivity index (χ1n) is 12.3. The summed E-state index contributed by atoms with van der Waals surface area (Å²) in [5.74, 6) is -1.78. The number of aromatic nitrogens is 2. The Balaban J connectivity index is 0.000000168. The lowest BCUT2D eigenvalue weighted by atomic mass is 10.1. The summed E-state index contributed by atoms with van der Waals surface area (Å²) < 4.78 is 65.2. The molecule has 0 saturated carbocycles. The van der Waals surface area contributed by atoms with E-state index in [1.807, 2.05) is 0 Å². The van der Waals surface area contributed by atoms with Crippen molar-refractivity contribution < 1.29 is 36.9 Å². The molecule has 1 N–H and O–H groups in total. The summed E-state index contributed by atoms with van der Waals surface area (Å²) in [7, 11) is 0. The van der Waals surface area contributed by atoms with Crippen molar-refractivity contribution in [2.45, 2.75) is 20.0 Å². The summed E-state index contributed by atoms with van der Waals surface area (Å²) in [6, 6.07) is 17.4. The Morgan fingerprint density at radius 2 is 1.17 bits per heavy atom. The number of benzene rings is 4. The second kappa shape index (κ2) is 12.2. The zero-order valence-corrected chi connectivity index (χ0v) is 23.5. The molecular weight excluding hydrogens is 592 g/mol. The molecule has 0 aliphatic heterocycles. The van der Waals surface area contributed by atoms with Crippen molar-refractivity contribution in [3.05, 3.63) is 107 Å². The number of carbonyl (C=O) groups is 1. The normalized spacial score (nSPS) is 11.7. The fraction of sp³-hybridized carbons (Fsp3) is 0.100. The van der Waals surface area contributed by atoms with Gasteiger partial charge < -0.3 is 14.6 Å². The molecule has 0 aliphatic carbocycles. The maximum atomic E-state index is 13.6. The zero-order valence-electron chi connectivity index (χ0n) is 21.9. The van der Waals surface area contributed by atoms with Gasteiger partial charge in [-0.15, -0.1) is 0 Å². The van der Waals surface area contributed by atoms with E-state index in [1.165, 1.54) is 19.1 Å². The predicted octanol–water partition coefficient (Wildman–Crippen LogP) is 8.99. The SMILES string of the molecule is CC(=O)c1ccc(Oc2nc3c(F)cc(F)cc3s2)cc1.CC(O)c1ccc(Oc2nc3c(F)cc(F)cc3s2)cc1. The van der Waals surface area contributed by atoms with E-state index >= 15 is 0 Å². The Bertz CT molecular complexity index is 1890. The van der Waals surface area contributed by atoms with Gasteiger partial charge in [0.15, 0.2) is 17.4 Å². The van der Waals surface area contributed by atoms with Crippen LogP contribution in [0.2, 0.25) is 0 Å². The minimum atomic E-state index is -0.719. The van der Waals surface area contributed by atoms with Crippen LogP contribution in [0.25, 0.3) is 20.4 Å². The summed E-state index contributed by atoms with van der Waals surface area (Å²) in [6.45, 7) is 3.14. The van der Waals surface area contributed by atoms with Crippen LogP contribution in [0, 0.1) is 23.3 Å². The molecule has 6 rings (SSSR count). The monoisotopic (exact) mass is 612 g/mol. The minimum Gasteiger partial charge on any atom is -0.431 e. The number of aliphatic hydroxyl groups excluding tert-OH is 1. The van der Waals surface area contributed by atoms with Gasteiger partial charge in [-0.3, -0.25) is 4.79 Å². The Morgan fingerprint density at radius 3 is 1.57 bits per heavy atom. The van der Waals surface area contributed by atoms with Gasteiger partial charge >= 0.3 is 0 Å². The topological polar surface area (TPSA) is 81.5 Å². The van der Waals surface area contributed by atoms with Crippen molar-refractivity contribution in [1.29, 1.82) is 0 Å². The third-order valence-electron chi connectivity index (χ3n) is 5.82. The van der Waals surface area contributed by atoms with Gasteiger partial charge in [-0.1, -0.05) is 34.8 Å². The van der Waals surface area contributed by atoms with Crippen LogP contribution in [0.5, 0.6) is 21.9 Å². The zero-order chi connectivity index (χ0) is 30.0. The van der Waals surface area contributed by atoms with Crippen LogP contribution in [0.3, 0.4) is 0 Å². The highest BCUT2D eigenvalue weighted by Gasteiger charge is 2.13. The molecule has 4 aromatic carbocycles. The number of hydrogen-bond acceptors (Lipinski definition) is 8. The number of ketones is 1. The molecule has 2 heterocycles. The molecular formula is C30H20F4N2O4S2. The Labute approximate surface area is 244 Å². The van der Waals surface area contributed by atoms with Crippen LogP contribution in [-0.2, 0) is 0 Å². The molecule has 6 aromatic rings. The van der Waals surface area contributed by atoms with Crippen molar-refractivity contribution in [3.63, 3.8) is 0 Å². The lowest BCUT2D eigenvalue weighted by Crippen LogP contribution is -1.91. The number of aliphatic hydroxyl groups is 1. The van der Waals surface area contributed by atoms with Crippen LogP contribution in [0.1, 0.15) is 35.9 Å². The smallest absolute Gasteiger partial charge is 0.279 e. The van der Waals surface area contributed by atoms with Crippen molar-refractivity contribution in [1.82, 2.24) is 9.97 Å². The first-order chi connectivity index (χ1) is 20.0. The third kappa shape index (κ3) is 6.73. The quantitative estimate of drug-likeness (QED) is 0.149. The second-order valence-corrected chi connectivity index (χ2v) is 10.9. The molecule has 0 aliphatic rings. The van der Waals surface area contributed by atoms with E-state index in [9.17, 15) is 27.5 Å². The van der Waals surface area contributed by atoms with Gasteiger partial charge in [-0.2, -0.15) is 9.97 Å². The van der Waals surface area contributed by atoms with E-state index in [2.05, 4.69) is 9.97 Å². The van der Waals surface area contributed by atoms with Crippen molar-refractivity contribution in [3.8, 4) is 21.9 Å². The fourth-order valence-corrected chi connectivity index (χ4v) is 5.48. The number of Topliss-reactive ketones (excluding diaryl/α,β-unsaturated/α-hetero) is 1. The summed E-state index contributed by atoms with van der Waals surface area (Å²) in [5, 5.41) is 9.88. The summed E-state index contributed by atoms with van der Waals surface area (Å²) in [4.78, 5) is 19.2. The molecule has 0 amide bonds. The highest BCUT2D eigenvalue weighted by Crippen LogP contribution is 2.34. The number of carbonyl (C=O) groups excluding carboxylic acids is 1. The van der Waals surface area contributed by atoms with Crippen LogP contribution >= 0.6 is 22.7 Å². The molecule has 1 unspecified atom stereocenters. The number of nitrogens with zero attached hydrogens (tertiary/aromatic N) is 2. The van der Waals surface area contributed by atoms with E-state index in [-0.39, 0.29) is 27.2 Å². The highest BCUT2D eigenvalue weighted by atomic mass is 32.1. The van der Waals surface area contributed by atoms with Crippen LogP contribution in [0.15, 0.2) is 72.8 Å². The van der Waals surface area contributed by atoms with Crippen LogP contribution in [-0.4, -0.2) is 20.9 Å². The fourth-order valence-electron chi connectivity index (χ4n) is 3.73. The Morgan fingerprint density at radius 1 is 0.738 bits per heavy atom. The van der Waals surface area contributed by atoms with Crippen LogP contribution in [0.4, 0.5) is 17.6 Å². The van der Waals surface area contributed by atoms with E-state index < -0.39 is 29.4 Å². The van der Waals surface area contributed by atoms with Gasteiger partial charge in [0.2, 0.25) is 0 Å². The number of fused-ring (bicyclic) bond motifs is 2. The number of ether oxygens (including phenoxy) is 2. The molecule has 6 nitrogen and oxygen atoms in total. The molecule has 0 fully saturated rings. The maximum Gasteiger partial charge on any atom is 0.279 e. The molecule has 0 bridgehead atoms. The number of hydrogen-bond donors (Lipinski definition) is 1. The number of thiazole rings is 2. The molecule has 0 saturated heterocycles. The van der Waals surface area contributed by atoms with E-state index in [0.717, 1.165) is 40.4 Å². The first-order valence-corrected chi connectivity index (χ1v) is 13.9. The Kier molecular flexibility index (Phi) is 8.48. The summed E-state index contributed by atoms with van der Waals surface area (Å²) in [6.07, 6.45) is -0.557. The highest BCUT2D eigenvalue weighted by molar-refractivity contribution is 7.20. The maximum absolute atomic E-state index is 13.6. The van der Waals surface area contributed by atoms with E-state index in [0.29, 0.717) is 26.5 Å². The Hall–Kier alpha value is -4.39. The van der Waals surface area contributed by atoms with Gasteiger partial charge in [0.25, 0.3) is 10.4 Å². The largest absolute Gasteiger partial charge is 0.431 e. The van der Waals surface area contributed by atoms with E-state index in [1.54, 1.807) is 55.5 Å². The van der Waals surface area contributed by atoms with Gasteiger partial charge in [-0.05, 0) is 67.9 Å². The predicted molar refractivity (Wildman–Crippen MR) is 153 cm³/mol. The van der Waals surface area contributed by atoms with Gasteiger partial charge in [0.1, 0.15) is 34.2 Å². The van der Waals surface area contributed by atoms with Crippen molar-refractivity contribution >= 4 is 48.9 Å². The lowest BCUT2D eigenvalue weighted by molar-refractivity contribution is 0.101. The second-order valence-electron chi connectivity index (χ2n) is 8.96. The van der Waals surface area contributed by atoms with Crippen molar-refractivity contribution in [2.24, 2.45) is 0 Å². The lowest BCUT2D eigenvalue weighted by Gasteiger charge is -2.05. The van der Waals surface area contributed by atoms with Crippen molar-refractivity contribution in [2.75, 3.05) is 0 Å². The number of halogens is 4. The molecule has 2 aromatic heterocycles. The standard InChI is InChI=1S/C15H11F2NO2S.C15H9F2NO2S/c2*1-8(19)9-2-4-11(5-3-9)20-15-18-14-12(17)6-10(16)7-13(14)21-15/h2-8,19H,1H3;2-7H,1H3. The average Bonchev–Trinajstić information content (AvgIpc) is 3.53. The summed E-state index contributed by atoms with van der Waals surface area (Å²) in [5.41, 5.74) is 1.51. The van der Waals surface area contributed by atoms with E-state index in [4.69, 9.17) is 9.47 Å². The molecule has 42 heavy (non-hydrogen) atoms. The molecule has 0 radical (unpaired) electrons. The molecule has 0 spiro atoms. The molecule has 214 valence electrons. The van der Waals surface area contributed by atoms with Crippen LogP contribution < -0.4 is 9.47 Å². The van der Waals surface area contributed by atoms with Gasteiger partial charge in [0, 0.05) is 17.7 Å². The molecule has 1 atom stereocenters. The average molecular weight is 613 g/mol. The molecule has 12 heteroatoms. The summed E-state index contributed by atoms with van der Waals surface area (Å²) >= 11 is 2.12.